The fraction of sp³-hybridized carbons (Fsp3) is 0.333. The Kier molecular flexibility index (Phi) is 11.5. The van der Waals surface area contributed by atoms with Crippen molar-refractivity contribution in [1.82, 2.24) is 4.90 Å². The highest BCUT2D eigenvalue weighted by atomic mass is 16.7. The van der Waals surface area contributed by atoms with Gasteiger partial charge in [-0.3, -0.25) is 4.90 Å². The molecule has 4 rings (SSSR count). The van der Waals surface area contributed by atoms with Crippen LogP contribution in [0.4, 0.5) is 0 Å². The molecule has 11 heteroatoms. The summed E-state index contributed by atoms with van der Waals surface area (Å²) in [6.45, 7) is 5.10. The highest BCUT2D eigenvalue weighted by Gasteiger charge is 2.20. The first-order chi connectivity index (χ1) is 19.8. The van der Waals surface area contributed by atoms with E-state index in [0.717, 1.165) is 47.9 Å². The Morgan fingerprint density at radius 3 is 2.15 bits per heavy atom. The summed E-state index contributed by atoms with van der Waals surface area (Å²) in [5, 5.41) is 14.8. The Labute approximate surface area is 238 Å². The minimum absolute atomic E-state index is 0.276. The number of methoxy groups -OCH3 is 3. The van der Waals surface area contributed by atoms with E-state index in [1.807, 2.05) is 43.3 Å². The summed E-state index contributed by atoms with van der Waals surface area (Å²) in [7, 11) is 4.90. The van der Waals surface area contributed by atoms with E-state index >= 15 is 0 Å². The maximum absolute atomic E-state index is 9.10. The van der Waals surface area contributed by atoms with Crippen molar-refractivity contribution in [3.8, 4) is 34.5 Å². The molecule has 1 aliphatic heterocycles. The molecule has 3 aromatic carbocycles. The molecule has 0 spiro atoms. The molecule has 0 aromatic heterocycles. The molecule has 2 N–H and O–H groups in total. The van der Waals surface area contributed by atoms with Gasteiger partial charge in [-0.15, -0.1) is 0 Å². The fourth-order valence-electron chi connectivity index (χ4n) is 4.30. The van der Waals surface area contributed by atoms with Gasteiger partial charge in [-0.25, -0.2) is 9.59 Å². The first-order valence-corrected chi connectivity index (χ1v) is 12.9. The van der Waals surface area contributed by atoms with E-state index in [2.05, 4.69) is 23.1 Å². The lowest BCUT2D eigenvalue weighted by molar-refractivity contribution is -0.159. The number of carboxylic acids is 2. The van der Waals surface area contributed by atoms with Gasteiger partial charge in [0.2, 0.25) is 12.5 Å². The summed E-state index contributed by atoms with van der Waals surface area (Å²) in [5.74, 6) is 0.772. The summed E-state index contributed by atoms with van der Waals surface area (Å²) in [5.41, 5.74) is 3.35. The van der Waals surface area contributed by atoms with E-state index < -0.39 is 11.9 Å². The highest BCUT2D eigenvalue weighted by Crippen LogP contribution is 2.40. The maximum Gasteiger partial charge on any atom is 0.414 e. The summed E-state index contributed by atoms with van der Waals surface area (Å²) in [4.78, 5) is 20.6. The van der Waals surface area contributed by atoms with Crippen LogP contribution in [0.1, 0.15) is 23.6 Å². The van der Waals surface area contributed by atoms with Gasteiger partial charge in [-0.2, -0.15) is 0 Å². The maximum atomic E-state index is 9.10. The van der Waals surface area contributed by atoms with Crippen molar-refractivity contribution in [2.45, 2.75) is 26.4 Å². The molecule has 0 unspecified atom stereocenters. The Morgan fingerprint density at radius 1 is 0.805 bits per heavy atom. The average molecular weight is 570 g/mol. The van der Waals surface area contributed by atoms with Crippen LogP contribution in [-0.2, 0) is 29.1 Å². The lowest BCUT2D eigenvalue weighted by Gasteiger charge is -2.25. The highest BCUT2D eigenvalue weighted by molar-refractivity contribution is 6.27. The number of hydrogen-bond acceptors (Lipinski definition) is 9. The van der Waals surface area contributed by atoms with Crippen molar-refractivity contribution in [2.75, 3.05) is 41.3 Å². The van der Waals surface area contributed by atoms with E-state index in [1.165, 1.54) is 5.56 Å². The number of para-hydroxylation sites is 1. The fourth-order valence-corrected chi connectivity index (χ4v) is 4.30. The standard InChI is InChI=1S/C28H33NO6.C2H2O4/c1-5-33-23-9-7-6-8-21(23)17-29(15-14-20-10-12-24-26(16-20)35-19-34-24)18-22-11-13-25(30-2)28(32-4)27(22)31-3;3-1(4)2(5)6/h6-13,16H,5,14-15,17-19H2,1-4H3;(H,3,4)(H,5,6). The van der Waals surface area contributed by atoms with Gasteiger partial charge in [0.1, 0.15) is 5.75 Å². The van der Waals surface area contributed by atoms with Crippen molar-refractivity contribution in [3.63, 3.8) is 0 Å². The second-order valence-electron chi connectivity index (χ2n) is 8.79. The topological polar surface area (TPSA) is 133 Å². The van der Waals surface area contributed by atoms with Gasteiger partial charge in [0.15, 0.2) is 23.0 Å². The lowest BCUT2D eigenvalue weighted by atomic mass is 10.1. The second-order valence-corrected chi connectivity index (χ2v) is 8.79. The Bertz CT molecular complexity index is 1310. The summed E-state index contributed by atoms with van der Waals surface area (Å²) in [6.07, 6.45) is 0.850. The van der Waals surface area contributed by atoms with Crippen molar-refractivity contribution in [1.29, 1.82) is 0 Å². The van der Waals surface area contributed by atoms with Gasteiger partial charge in [0, 0.05) is 30.8 Å². The van der Waals surface area contributed by atoms with Crippen LogP contribution in [0, 0.1) is 0 Å². The van der Waals surface area contributed by atoms with Crippen LogP contribution in [0.2, 0.25) is 0 Å². The predicted octanol–water partition coefficient (Wildman–Crippen LogP) is 4.24. The van der Waals surface area contributed by atoms with Crippen molar-refractivity contribution in [2.24, 2.45) is 0 Å². The van der Waals surface area contributed by atoms with E-state index in [0.29, 0.717) is 30.4 Å². The van der Waals surface area contributed by atoms with E-state index in [9.17, 15) is 0 Å². The molecular weight excluding hydrogens is 534 g/mol. The normalized spacial score (nSPS) is 11.3. The van der Waals surface area contributed by atoms with Crippen LogP contribution in [0.3, 0.4) is 0 Å². The number of benzene rings is 3. The summed E-state index contributed by atoms with van der Waals surface area (Å²) >= 11 is 0. The van der Waals surface area contributed by atoms with Gasteiger partial charge in [0.05, 0.1) is 27.9 Å². The van der Waals surface area contributed by atoms with E-state index in [1.54, 1.807) is 21.3 Å². The van der Waals surface area contributed by atoms with Gasteiger partial charge >= 0.3 is 11.9 Å². The summed E-state index contributed by atoms with van der Waals surface area (Å²) in [6, 6.07) is 18.3. The molecule has 0 saturated heterocycles. The van der Waals surface area contributed by atoms with Crippen molar-refractivity contribution >= 4 is 11.9 Å². The Morgan fingerprint density at radius 2 is 1.49 bits per heavy atom. The molecular formula is C30H35NO10. The lowest BCUT2D eigenvalue weighted by Crippen LogP contribution is -2.26. The molecule has 3 aromatic rings. The number of nitrogens with zero attached hydrogens (tertiary/aromatic N) is 1. The third-order valence-electron chi connectivity index (χ3n) is 6.18. The summed E-state index contributed by atoms with van der Waals surface area (Å²) < 4.78 is 33.7. The zero-order chi connectivity index (χ0) is 29.8. The van der Waals surface area contributed by atoms with Crippen LogP contribution in [-0.4, -0.2) is 68.3 Å². The zero-order valence-corrected chi connectivity index (χ0v) is 23.5. The van der Waals surface area contributed by atoms with Gasteiger partial charge in [0.25, 0.3) is 0 Å². The zero-order valence-electron chi connectivity index (χ0n) is 23.5. The average Bonchev–Trinajstić information content (AvgIpc) is 3.45. The molecule has 0 saturated carbocycles. The molecule has 41 heavy (non-hydrogen) atoms. The number of hydrogen-bond donors (Lipinski definition) is 2. The molecule has 0 atom stereocenters. The molecule has 0 fully saturated rings. The molecule has 220 valence electrons. The van der Waals surface area contributed by atoms with Crippen LogP contribution in [0.5, 0.6) is 34.5 Å². The molecule has 0 amide bonds. The molecule has 0 radical (unpaired) electrons. The smallest absolute Gasteiger partial charge is 0.414 e. The minimum Gasteiger partial charge on any atom is -0.494 e. The van der Waals surface area contributed by atoms with Gasteiger partial charge in [-0.05, 0) is 43.2 Å². The quantitative estimate of drug-likeness (QED) is 0.304. The first kappa shape index (κ1) is 30.9. The van der Waals surface area contributed by atoms with Crippen LogP contribution in [0.25, 0.3) is 0 Å². The van der Waals surface area contributed by atoms with Gasteiger partial charge in [-0.1, -0.05) is 30.3 Å². The van der Waals surface area contributed by atoms with Crippen molar-refractivity contribution in [3.05, 3.63) is 71.3 Å². The van der Waals surface area contributed by atoms with Crippen molar-refractivity contribution < 1.29 is 48.2 Å². The third-order valence-corrected chi connectivity index (χ3v) is 6.18. The molecule has 11 nitrogen and oxygen atoms in total. The van der Waals surface area contributed by atoms with Gasteiger partial charge < -0.3 is 38.6 Å². The number of ether oxygens (including phenoxy) is 6. The van der Waals surface area contributed by atoms with Crippen LogP contribution < -0.4 is 28.4 Å². The number of rotatable bonds is 12. The van der Waals surface area contributed by atoms with Crippen LogP contribution in [0.15, 0.2) is 54.6 Å². The second kappa shape index (κ2) is 15.2. The molecule has 1 aliphatic rings. The predicted molar refractivity (Wildman–Crippen MR) is 149 cm³/mol. The largest absolute Gasteiger partial charge is 0.494 e. The Hall–Kier alpha value is -4.64. The van der Waals surface area contributed by atoms with E-state index in [-0.39, 0.29) is 6.79 Å². The number of carboxylic acid groups (broad SMARTS) is 2. The third kappa shape index (κ3) is 8.42. The molecule has 0 bridgehead atoms. The molecule has 1 heterocycles. The Balaban J connectivity index is 0.000000696. The first-order valence-electron chi connectivity index (χ1n) is 12.9. The van der Waals surface area contributed by atoms with E-state index in [4.69, 9.17) is 48.2 Å². The number of carbonyl (C=O) groups is 2. The number of fused-ring (bicyclic) bond motifs is 1. The minimum atomic E-state index is -1.82. The SMILES string of the molecule is CCOc1ccccc1CN(CCc1ccc2c(c1)OCO2)Cc1ccc(OC)c(OC)c1OC.O=C(O)C(=O)O. The monoisotopic (exact) mass is 569 g/mol. The molecule has 0 aliphatic carbocycles. The number of aliphatic carboxylic acids is 2. The van der Waals surface area contributed by atoms with Crippen LogP contribution >= 0.6 is 0 Å².